The quantitative estimate of drug-likeness (QED) is 0.281. The average molecular weight is 494 g/mol. The monoisotopic (exact) mass is 493 g/mol. The van der Waals surface area contributed by atoms with Gasteiger partial charge in [0.05, 0.1) is 35.5 Å². The van der Waals surface area contributed by atoms with Crippen LogP contribution in [0.2, 0.25) is 5.02 Å². The van der Waals surface area contributed by atoms with Crippen molar-refractivity contribution in [3.8, 4) is 23.1 Å². The Morgan fingerprint density at radius 2 is 1.85 bits per heavy atom. The zero-order valence-electron chi connectivity index (χ0n) is 18.9. The van der Waals surface area contributed by atoms with Gasteiger partial charge in [0.15, 0.2) is 11.5 Å². The lowest BCUT2D eigenvalue weighted by Crippen LogP contribution is -2.32. The highest BCUT2D eigenvalue weighted by Crippen LogP contribution is 2.38. The van der Waals surface area contributed by atoms with E-state index >= 15 is 0 Å². The van der Waals surface area contributed by atoms with E-state index < -0.39 is 0 Å². The Morgan fingerprint density at radius 3 is 2.50 bits per heavy atom. The van der Waals surface area contributed by atoms with Gasteiger partial charge in [-0.1, -0.05) is 29.8 Å². The first-order chi connectivity index (χ1) is 16.5. The van der Waals surface area contributed by atoms with E-state index in [-0.39, 0.29) is 11.9 Å². The van der Waals surface area contributed by atoms with Gasteiger partial charge in [0.25, 0.3) is 5.91 Å². The van der Waals surface area contributed by atoms with Crippen LogP contribution in [0.15, 0.2) is 66.0 Å². The molecular formula is C26H24ClN3O3S. The molecule has 2 aromatic heterocycles. The molecule has 0 N–H and O–H groups in total. The van der Waals surface area contributed by atoms with Gasteiger partial charge in [0.1, 0.15) is 0 Å². The predicted octanol–water partition coefficient (Wildman–Crippen LogP) is 6.50. The maximum Gasteiger partial charge on any atom is 0.264 e. The predicted molar refractivity (Wildman–Crippen MR) is 134 cm³/mol. The Morgan fingerprint density at radius 1 is 1.12 bits per heavy atom. The second kappa shape index (κ2) is 9.52. The van der Waals surface area contributed by atoms with Gasteiger partial charge in [-0.15, -0.1) is 11.3 Å². The van der Waals surface area contributed by atoms with Crippen molar-refractivity contribution >= 4 is 28.8 Å². The van der Waals surface area contributed by atoms with E-state index in [1.54, 1.807) is 11.8 Å². The molecule has 0 radical (unpaired) electrons. The number of halogens is 1. The minimum absolute atomic E-state index is 0.0411. The van der Waals surface area contributed by atoms with Gasteiger partial charge >= 0.3 is 0 Å². The molecule has 0 aliphatic heterocycles. The van der Waals surface area contributed by atoms with E-state index in [9.17, 15) is 4.79 Å². The molecule has 174 valence electrons. The second-order valence-electron chi connectivity index (χ2n) is 8.15. The van der Waals surface area contributed by atoms with Gasteiger partial charge in [-0.2, -0.15) is 5.10 Å². The number of nitrogens with zero attached hydrogens (tertiary/aromatic N) is 3. The summed E-state index contributed by atoms with van der Waals surface area (Å²) in [6.07, 6.45) is 2.01. The van der Waals surface area contributed by atoms with E-state index in [1.807, 2.05) is 77.9 Å². The third kappa shape index (κ3) is 4.54. The molecule has 1 aliphatic carbocycles. The molecular weight excluding hydrogens is 470 g/mol. The van der Waals surface area contributed by atoms with Crippen LogP contribution in [-0.2, 0) is 6.54 Å². The highest BCUT2D eigenvalue weighted by atomic mass is 35.5. The summed E-state index contributed by atoms with van der Waals surface area (Å²) in [5.41, 5.74) is 2.47. The van der Waals surface area contributed by atoms with E-state index in [2.05, 4.69) is 0 Å². The van der Waals surface area contributed by atoms with Crippen molar-refractivity contribution in [2.24, 2.45) is 0 Å². The SMILES string of the molecule is COc1ccccc1Oc1c(CN(C(=O)c2cccs2)C2CC2)c(C)nn1-c1ccc(Cl)cc1. The standard InChI is InChI=1S/C26H24ClN3O3S/c1-17-21(16-29(19-13-14-19)25(31)24-8-5-15-34-24)26(33-23-7-4-3-6-22(23)32-2)30(28-17)20-11-9-18(27)10-12-20/h3-12,15,19H,13-14,16H2,1-2H3. The van der Waals surface area contributed by atoms with Gasteiger partial charge in [0, 0.05) is 11.1 Å². The summed E-state index contributed by atoms with van der Waals surface area (Å²) in [6.45, 7) is 2.35. The maximum absolute atomic E-state index is 13.3. The highest BCUT2D eigenvalue weighted by Gasteiger charge is 2.35. The van der Waals surface area contributed by atoms with Crippen LogP contribution in [0.1, 0.15) is 33.8 Å². The Labute approximate surface area is 207 Å². The van der Waals surface area contributed by atoms with Crippen molar-refractivity contribution in [3.63, 3.8) is 0 Å². The zero-order chi connectivity index (χ0) is 23.7. The lowest BCUT2D eigenvalue weighted by molar-refractivity contribution is 0.0733. The Balaban J connectivity index is 1.58. The average Bonchev–Trinajstić information content (AvgIpc) is 3.44. The lowest BCUT2D eigenvalue weighted by Gasteiger charge is -2.22. The molecule has 5 rings (SSSR count). The van der Waals surface area contributed by atoms with Crippen molar-refractivity contribution in [2.75, 3.05) is 7.11 Å². The summed E-state index contributed by atoms with van der Waals surface area (Å²) in [4.78, 5) is 16.0. The molecule has 0 saturated heterocycles. The number of methoxy groups -OCH3 is 1. The fourth-order valence-electron chi connectivity index (χ4n) is 3.85. The maximum atomic E-state index is 13.3. The number of rotatable bonds is 8. The van der Waals surface area contributed by atoms with Crippen molar-refractivity contribution in [1.29, 1.82) is 0 Å². The van der Waals surface area contributed by atoms with Crippen LogP contribution in [0, 0.1) is 6.92 Å². The first kappa shape index (κ1) is 22.5. The number of para-hydroxylation sites is 2. The Kier molecular flexibility index (Phi) is 6.30. The van der Waals surface area contributed by atoms with Crippen LogP contribution in [0.5, 0.6) is 17.4 Å². The van der Waals surface area contributed by atoms with Crippen LogP contribution in [0.3, 0.4) is 0 Å². The van der Waals surface area contributed by atoms with E-state index in [1.165, 1.54) is 11.3 Å². The molecule has 1 fully saturated rings. The molecule has 0 spiro atoms. The van der Waals surface area contributed by atoms with Crippen molar-refractivity contribution in [1.82, 2.24) is 14.7 Å². The van der Waals surface area contributed by atoms with E-state index in [0.29, 0.717) is 28.9 Å². The molecule has 0 atom stereocenters. The molecule has 1 aliphatic rings. The molecule has 0 unspecified atom stereocenters. The molecule has 1 amide bonds. The molecule has 4 aromatic rings. The molecule has 2 heterocycles. The van der Waals surface area contributed by atoms with Gasteiger partial charge in [-0.05, 0) is 67.6 Å². The number of benzene rings is 2. The summed E-state index contributed by atoms with van der Waals surface area (Å²) in [5.74, 6) is 1.78. The normalized spacial score (nSPS) is 13.0. The summed E-state index contributed by atoms with van der Waals surface area (Å²) in [6, 6.07) is 18.9. The van der Waals surface area contributed by atoms with Crippen molar-refractivity contribution < 1.29 is 14.3 Å². The third-order valence-corrected chi connectivity index (χ3v) is 6.90. The number of aromatic nitrogens is 2. The number of thiophene rings is 1. The van der Waals surface area contributed by atoms with Gasteiger partial charge in [0.2, 0.25) is 5.88 Å². The smallest absolute Gasteiger partial charge is 0.264 e. The van der Waals surface area contributed by atoms with E-state index in [0.717, 1.165) is 34.7 Å². The number of hydrogen-bond donors (Lipinski definition) is 0. The minimum atomic E-state index is 0.0411. The molecule has 6 nitrogen and oxygen atoms in total. The first-order valence-corrected chi connectivity index (χ1v) is 12.3. The van der Waals surface area contributed by atoms with Gasteiger partial charge in [-0.3, -0.25) is 4.79 Å². The molecule has 34 heavy (non-hydrogen) atoms. The minimum Gasteiger partial charge on any atom is -0.493 e. The number of carbonyl (C=O) groups is 1. The first-order valence-electron chi connectivity index (χ1n) is 11.0. The number of amides is 1. The summed E-state index contributed by atoms with van der Waals surface area (Å²) in [7, 11) is 1.61. The van der Waals surface area contributed by atoms with Crippen LogP contribution in [0.25, 0.3) is 5.69 Å². The summed E-state index contributed by atoms with van der Waals surface area (Å²) in [5, 5.41) is 7.36. The Bertz CT molecular complexity index is 1300. The van der Waals surface area contributed by atoms with Crippen molar-refractivity contribution in [3.05, 3.63) is 87.2 Å². The molecule has 8 heteroatoms. The van der Waals surface area contributed by atoms with Crippen molar-refractivity contribution in [2.45, 2.75) is 32.4 Å². The molecule has 0 bridgehead atoms. The fourth-order valence-corrected chi connectivity index (χ4v) is 4.66. The largest absolute Gasteiger partial charge is 0.493 e. The number of carbonyl (C=O) groups excluding carboxylic acids is 1. The molecule has 1 saturated carbocycles. The highest BCUT2D eigenvalue weighted by molar-refractivity contribution is 7.12. The number of hydrogen-bond acceptors (Lipinski definition) is 5. The Hall–Kier alpha value is -3.29. The second-order valence-corrected chi connectivity index (χ2v) is 9.54. The van der Waals surface area contributed by atoms with E-state index in [4.69, 9.17) is 26.2 Å². The van der Waals surface area contributed by atoms with Crippen LogP contribution < -0.4 is 9.47 Å². The third-order valence-electron chi connectivity index (χ3n) is 5.79. The van der Waals surface area contributed by atoms with Crippen LogP contribution in [-0.4, -0.2) is 33.7 Å². The summed E-state index contributed by atoms with van der Waals surface area (Å²) < 4.78 is 13.7. The number of aryl methyl sites for hydroxylation is 1. The lowest BCUT2D eigenvalue weighted by atomic mass is 10.2. The fraction of sp³-hybridized carbons (Fsp3) is 0.231. The van der Waals surface area contributed by atoms with Crippen LogP contribution in [0.4, 0.5) is 0 Å². The van der Waals surface area contributed by atoms with Gasteiger partial charge in [-0.25, -0.2) is 4.68 Å². The number of ether oxygens (including phenoxy) is 2. The summed E-state index contributed by atoms with van der Waals surface area (Å²) >= 11 is 7.58. The molecule has 2 aromatic carbocycles. The zero-order valence-corrected chi connectivity index (χ0v) is 20.5. The van der Waals surface area contributed by atoms with Gasteiger partial charge < -0.3 is 14.4 Å². The van der Waals surface area contributed by atoms with Crippen LogP contribution >= 0.6 is 22.9 Å². The topological polar surface area (TPSA) is 56.6 Å².